The molecule has 0 amide bonds. The summed E-state index contributed by atoms with van der Waals surface area (Å²) in [5, 5.41) is 0. The minimum atomic E-state index is -0.305. The van der Waals surface area contributed by atoms with Gasteiger partial charge in [-0.3, -0.25) is 4.79 Å². The van der Waals surface area contributed by atoms with E-state index >= 15 is 0 Å². The first-order chi connectivity index (χ1) is 9.79. The van der Waals surface area contributed by atoms with E-state index in [0.29, 0.717) is 13.0 Å². The van der Waals surface area contributed by atoms with Gasteiger partial charge in [0.05, 0.1) is 5.92 Å². The minimum Gasteiger partial charge on any atom is -0.460 e. The van der Waals surface area contributed by atoms with Crippen LogP contribution >= 0.6 is 0 Å². The Hall–Kier alpha value is -2.35. The van der Waals surface area contributed by atoms with E-state index in [-0.39, 0.29) is 11.9 Å². The monoisotopic (exact) mass is 266 g/mol. The number of benzene rings is 2. The third-order valence-electron chi connectivity index (χ3n) is 3.11. The standard InChI is InChI=1S/C18H18O2/c1-2-17(13-15-9-5-3-6-10-15)18(19)20-14-16-11-7-4-8-12-16/h2-12,17H,1,13-14H2. The van der Waals surface area contributed by atoms with Gasteiger partial charge >= 0.3 is 5.97 Å². The Morgan fingerprint density at radius 2 is 1.55 bits per heavy atom. The van der Waals surface area contributed by atoms with Crippen LogP contribution in [0.5, 0.6) is 0 Å². The quantitative estimate of drug-likeness (QED) is 0.587. The van der Waals surface area contributed by atoms with E-state index in [2.05, 4.69) is 6.58 Å². The van der Waals surface area contributed by atoms with Crippen LogP contribution in [0.3, 0.4) is 0 Å². The Kier molecular flexibility index (Phi) is 5.13. The van der Waals surface area contributed by atoms with Crippen LogP contribution in [0, 0.1) is 5.92 Å². The maximum Gasteiger partial charge on any atom is 0.313 e. The summed E-state index contributed by atoms with van der Waals surface area (Å²) < 4.78 is 5.34. The summed E-state index contributed by atoms with van der Waals surface area (Å²) in [4.78, 5) is 12.1. The molecule has 1 atom stereocenters. The molecule has 0 bridgehead atoms. The second-order valence-corrected chi connectivity index (χ2v) is 4.63. The number of carbonyl (C=O) groups excluding carboxylic acids is 1. The molecule has 0 saturated carbocycles. The molecule has 1 unspecified atom stereocenters. The van der Waals surface area contributed by atoms with Crippen molar-refractivity contribution in [3.8, 4) is 0 Å². The summed E-state index contributed by atoms with van der Waals surface area (Å²) in [6.07, 6.45) is 2.28. The van der Waals surface area contributed by atoms with Crippen molar-refractivity contribution in [2.75, 3.05) is 0 Å². The van der Waals surface area contributed by atoms with Gasteiger partial charge in [-0.15, -0.1) is 6.58 Å². The lowest BCUT2D eigenvalue weighted by atomic mass is 10.00. The molecular formula is C18H18O2. The molecule has 0 spiro atoms. The molecule has 2 aromatic carbocycles. The molecule has 2 heteroatoms. The van der Waals surface area contributed by atoms with E-state index in [0.717, 1.165) is 11.1 Å². The van der Waals surface area contributed by atoms with E-state index in [1.807, 2.05) is 60.7 Å². The van der Waals surface area contributed by atoms with Gasteiger partial charge < -0.3 is 4.74 Å². The molecule has 0 aliphatic rings. The fraction of sp³-hybridized carbons (Fsp3) is 0.167. The molecule has 0 heterocycles. The SMILES string of the molecule is C=CC(Cc1ccccc1)C(=O)OCc1ccccc1. The highest BCUT2D eigenvalue weighted by Gasteiger charge is 2.16. The molecule has 102 valence electrons. The zero-order valence-corrected chi connectivity index (χ0v) is 11.4. The van der Waals surface area contributed by atoms with Crippen LogP contribution in [0.25, 0.3) is 0 Å². The topological polar surface area (TPSA) is 26.3 Å². The molecule has 0 radical (unpaired) electrons. The zero-order valence-electron chi connectivity index (χ0n) is 11.4. The van der Waals surface area contributed by atoms with Crippen molar-refractivity contribution in [1.82, 2.24) is 0 Å². The van der Waals surface area contributed by atoms with Gasteiger partial charge in [0.2, 0.25) is 0 Å². The van der Waals surface area contributed by atoms with E-state index in [9.17, 15) is 4.79 Å². The maximum atomic E-state index is 12.1. The van der Waals surface area contributed by atoms with E-state index in [1.165, 1.54) is 0 Å². The van der Waals surface area contributed by atoms with Crippen molar-refractivity contribution in [3.63, 3.8) is 0 Å². The Morgan fingerprint density at radius 3 is 2.10 bits per heavy atom. The van der Waals surface area contributed by atoms with Crippen molar-refractivity contribution in [2.45, 2.75) is 13.0 Å². The molecule has 0 aliphatic carbocycles. The zero-order chi connectivity index (χ0) is 14.2. The van der Waals surface area contributed by atoms with Gasteiger partial charge in [0.1, 0.15) is 6.61 Å². The Balaban J connectivity index is 1.91. The second kappa shape index (κ2) is 7.29. The fourth-order valence-corrected chi connectivity index (χ4v) is 1.97. The summed E-state index contributed by atoms with van der Waals surface area (Å²) in [6.45, 7) is 4.04. The average molecular weight is 266 g/mol. The molecule has 0 aromatic heterocycles. The molecule has 20 heavy (non-hydrogen) atoms. The number of ether oxygens (including phenoxy) is 1. The molecule has 2 nitrogen and oxygen atoms in total. The predicted molar refractivity (Wildman–Crippen MR) is 80.1 cm³/mol. The smallest absolute Gasteiger partial charge is 0.313 e. The lowest BCUT2D eigenvalue weighted by Crippen LogP contribution is -2.18. The maximum absolute atomic E-state index is 12.1. The summed E-state index contributed by atoms with van der Waals surface area (Å²) >= 11 is 0. The van der Waals surface area contributed by atoms with Crippen molar-refractivity contribution < 1.29 is 9.53 Å². The molecule has 2 aromatic rings. The Bertz CT molecular complexity index is 546. The van der Waals surface area contributed by atoms with Gasteiger partial charge in [-0.1, -0.05) is 66.7 Å². The fourth-order valence-electron chi connectivity index (χ4n) is 1.97. The van der Waals surface area contributed by atoms with Crippen LogP contribution in [0.2, 0.25) is 0 Å². The van der Waals surface area contributed by atoms with Crippen molar-refractivity contribution in [2.24, 2.45) is 5.92 Å². The van der Waals surface area contributed by atoms with Gasteiger partial charge in [-0.05, 0) is 17.5 Å². The highest BCUT2D eigenvalue weighted by atomic mass is 16.5. The molecule has 0 fully saturated rings. The van der Waals surface area contributed by atoms with Gasteiger partial charge in [-0.25, -0.2) is 0 Å². The summed E-state index contributed by atoms with van der Waals surface area (Å²) in [6, 6.07) is 19.6. The van der Waals surface area contributed by atoms with Crippen LogP contribution in [0.4, 0.5) is 0 Å². The van der Waals surface area contributed by atoms with E-state index in [1.54, 1.807) is 6.08 Å². The number of carbonyl (C=O) groups is 1. The van der Waals surface area contributed by atoms with Gasteiger partial charge in [0.25, 0.3) is 0 Å². The number of rotatable bonds is 6. The third-order valence-corrected chi connectivity index (χ3v) is 3.11. The number of hydrogen-bond donors (Lipinski definition) is 0. The molecule has 0 N–H and O–H groups in total. The van der Waals surface area contributed by atoms with E-state index in [4.69, 9.17) is 4.74 Å². The Labute approximate surface area is 119 Å². The van der Waals surface area contributed by atoms with Gasteiger partial charge in [0.15, 0.2) is 0 Å². The summed E-state index contributed by atoms with van der Waals surface area (Å²) in [7, 11) is 0. The summed E-state index contributed by atoms with van der Waals surface area (Å²) in [5.41, 5.74) is 2.09. The van der Waals surface area contributed by atoms with Crippen LogP contribution < -0.4 is 0 Å². The first kappa shape index (κ1) is 14.1. The van der Waals surface area contributed by atoms with Crippen LogP contribution in [0.1, 0.15) is 11.1 Å². The van der Waals surface area contributed by atoms with Crippen molar-refractivity contribution >= 4 is 5.97 Å². The first-order valence-electron chi connectivity index (χ1n) is 6.66. The van der Waals surface area contributed by atoms with Gasteiger partial charge in [-0.2, -0.15) is 0 Å². The van der Waals surface area contributed by atoms with Crippen molar-refractivity contribution in [1.29, 1.82) is 0 Å². The average Bonchev–Trinajstić information content (AvgIpc) is 2.52. The molecular weight excluding hydrogens is 248 g/mol. The first-order valence-corrected chi connectivity index (χ1v) is 6.66. The molecule has 2 rings (SSSR count). The highest BCUT2D eigenvalue weighted by molar-refractivity contribution is 5.74. The second-order valence-electron chi connectivity index (χ2n) is 4.63. The normalized spacial score (nSPS) is 11.6. The lowest BCUT2D eigenvalue weighted by molar-refractivity contribution is -0.148. The van der Waals surface area contributed by atoms with Crippen molar-refractivity contribution in [3.05, 3.63) is 84.4 Å². The largest absolute Gasteiger partial charge is 0.460 e. The Morgan fingerprint density at radius 1 is 1.00 bits per heavy atom. The van der Waals surface area contributed by atoms with Crippen LogP contribution in [-0.4, -0.2) is 5.97 Å². The summed E-state index contributed by atoms with van der Waals surface area (Å²) in [5.74, 6) is -0.534. The lowest BCUT2D eigenvalue weighted by Gasteiger charge is -2.12. The minimum absolute atomic E-state index is 0.229. The van der Waals surface area contributed by atoms with Gasteiger partial charge in [0, 0.05) is 0 Å². The number of esters is 1. The predicted octanol–water partition coefficient (Wildman–Crippen LogP) is 3.77. The molecule has 0 aliphatic heterocycles. The van der Waals surface area contributed by atoms with E-state index < -0.39 is 0 Å². The number of hydrogen-bond acceptors (Lipinski definition) is 2. The molecule has 0 saturated heterocycles. The van der Waals surface area contributed by atoms with Crippen LogP contribution in [0.15, 0.2) is 73.3 Å². The highest BCUT2D eigenvalue weighted by Crippen LogP contribution is 2.12. The van der Waals surface area contributed by atoms with Crippen LogP contribution in [-0.2, 0) is 22.6 Å². The third kappa shape index (κ3) is 4.09.